The summed E-state index contributed by atoms with van der Waals surface area (Å²) in [5.41, 5.74) is 1.73. The van der Waals surface area contributed by atoms with E-state index < -0.39 is 5.82 Å². The van der Waals surface area contributed by atoms with E-state index in [1.165, 1.54) is 20.1 Å². The van der Waals surface area contributed by atoms with E-state index in [4.69, 9.17) is 9.47 Å². The number of anilines is 2. The van der Waals surface area contributed by atoms with Crippen LogP contribution >= 0.6 is 0 Å². The Morgan fingerprint density at radius 3 is 2.58 bits per heavy atom. The fourth-order valence-electron chi connectivity index (χ4n) is 2.55. The van der Waals surface area contributed by atoms with Crippen molar-refractivity contribution in [2.75, 3.05) is 24.8 Å². The number of benzene rings is 2. The highest BCUT2D eigenvalue weighted by molar-refractivity contribution is 5.96. The van der Waals surface area contributed by atoms with Crippen LogP contribution in [0, 0.1) is 5.82 Å². The fourth-order valence-corrected chi connectivity index (χ4v) is 2.55. The summed E-state index contributed by atoms with van der Waals surface area (Å²) in [7, 11) is 3.22. The van der Waals surface area contributed by atoms with Gasteiger partial charge in [0, 0.05) is 43.4 Å². The molecule has 1 aromatic heterocycles. The normalized spacial score (nSPS) is 10.5. The maximum absolute atomic E-state index is 14.2. The van der Waals surface area contributed by atoms with E-state index in [1.807, 2.05) is 0 Å². The van der Waals surface area contributed by atoms with Gasteiger partial charge in [0.2, 0.25) is 5.91 Å². The molecule has 0 aliphatic heterocycles. The summed E-state index contributed by atoms with van der Waals surface area (Å²) in [6.07, 6.45) is 1.56. The molecule has 0 atom stereocenters. The quantitative estimate of drug-likeness (QED) is 0.718. The lowest BCUT2D eigenvalue weighted by Crippen LogP contribution is -2.07. The number of amides is 1. The van der Waals surface area contributed by atoms with E-state index in [2.05, 4.69) is 15.6 Å². The van der Waals surface area contributed by atoms with Gasteiger partial charge in [-0.2, -0.15) is 0 Å². The van der Waals surface area contributed by atoms with E-state index in [-0.39, 0.29) is 11.7 Å². The molecule has 7 heteroatoms. The van der Waals surface area contributed by atoms with Crippen LogP contribution in [0.2, 0.25) is 0 Å². The zero-order chi connectivity index (χ0) is 18.7. The van der Waals surface area contributed by atoms with Crippen LogP contribution in [0.3, 0.4) is 0 Å². The van der Waals surface area contributed by atoms with Crippen molar-refractivity contribution in [2.24, 2.45) is 0 Å². The van der Waals surface area contributed by atoms with Crippen molar-refractivity contribution >= 4 is 28.2 Å². The molecule has 0 bridgehead atoms. The van der Waals surface area contributed by atoms with Gasteiger partial charge in [-0.15, -0.1) is 0 Å². The maximum atomic E-state index is 14.2. The van der Waals surface area contributed by atoms with Gasteiger partial charge >= 0.3 is 0 Å². The highest BCUT2D eigenvalue weighted by Gasteiger charge is 2.13. The van der Waals surface area contributed by atoms with Crippen LogP contribution in [0.15, 0.2) is 42.6 Å². The van der Waals surface area contributed by atoms with Crippen molar-refractivity contribution in [1.82, 2.24) is 4.98 Å². The Labute approximate surface area is 150 Å². The number of halogens is 1. The van der Waals surface area contributed by atoms with Crippen LogP contribution in [0.25, 0.3) is 10.9 Å². The summed E-state index contributed by atoms with van der Waals surface area (Å²) in [6.45, 7) is 1.41. The van der Waals surface area contributed by atoms with Crippen molar-refractivity contribution < 1.29 is 18.7 Å². The summed E-state index contributed by atoms with van der Waals surface area (Å²) in [6, 6.07) is 9.63. The van der Waals surface area contributed by atoms with Gasteiger partial charge in [0.25, 0.3) is 0 Å². The summed E-state index contributed by atoms with van der Waals surface area (Å²) in [4.78, 5) is 15.7. The SMILES string of the molecule is CNc1ccc(Oc2ccnc3cc(OC)c(NC(C)=O)cc23)c(F)c1. The van der Waals surface area contributed by atoms with Crippen molar-refractivity contribution in [2.45, 2.75) is 6.92 Å². The molecule has 1 amide bonds. The number of aromatic nitrogens is 1. The number of fused-ring (bicyclic) bond motifs is 1. The Morgan fingerprint density at radius 2 is 1.92 bits per heavy atom. The van der Waals surface area contributed by atoms with E-state index in [0.29, 0.717) is 33.8 Å². The molecule has 2 N–H and O–H groups in total. The van der Waals surface area contributed by atoms with Gasteiger partial charge in [-0.1, -0.05) is 0 Å². The predicted octanol–water partition coefficient (Wildman–Crippen LogP) is 4.17. The molecule has 0 unspecified atom stereocenters. The number of rotatable bonds is 5. The van der Waals surface area contributed by atoms with Crippen molar-refractivity contribution in [3.05, 3.63) is 48.4 Å². The smallest absolute Gasteiger partial charge is 0.221 e. The Kier molecular flexibility index (Phi) is 4.88. The number of pyridine rings is 1. The molecular formula is C19H18FN3O3. The molecule has 2 aromatic carbocycles. The summed E-state index contributed by atoms with van der Waals surface area (Å²) >= 11 is 0. The topological polar surface area (TPSA) is 72.5 Å². The first-order valence-corrected chi connectivity index (χ1v) is 7.91. The van der Waals surface area contributed by atoms with Crippen LogP contribution in [0.5, 0.6) is 17.2 Å². The van der Waals surface area contributed by atoms with E-state index in [1.54, 1.807) is 43.6 Å². The number of carbonyl (C=O) groups is 1. The third kappa shape index (κ3) is 3.51. The minimum Gasteiger partial charge on any atom is -0.494 e. The number of nitrogens with zero attached hydrogens (tertiary/aromatic N) is 1. The largest absolute Gasteiger partial charge is 0.494 e. The molecule has 0 saturated heterocycles. The highest BCUT2D eigenvalue weighted by Crippen LogP contribution is 2.36. The van der Waals surface area contributed by atoms with Gasteiger partial charge in [-0.3, -0.25) is 9.78 Å². The van der Waals surface area contributed by atoms with Crippen LogP contribution in [-0.2, 0) is 4.79 Å². The van der Waals surface area contributed by atoms with E-state index in [0.717, 1.165) is 0 Å². The lowest BCUT2D eigenvalue weighted by molar-refractivity contribution is -0.114. The Morgan fingerprint density at radius 1 is 1.12 bits per heavy atom. The first kappa shape index (κ1) is 17.5. The van der Waals surface area contributed by atoms with Gasteiger partial charge in [0.05, 0.1) is 18.3 Å². The number of hydrogen-bond acceptors (Lipinski definition) is 5. The number of hydrogen-bond donors (Lipinski definition) is 2. The maximum Gasteiger partial charge on any atom is 0.221 e. The zero-order valence-corrected chi connectivity index (χ0v) is 14.6. The number of methoxy groups -OCH3 is 1. The fraction of sp³-hybridized carbons (Fsp3) is 0.158. The molecule has 0 saturated carbocycles. The molecule has 1 heterocycles. The summed E-state index contributed by atoms with van der Waals surface area (Å²) < 4.78 is 25.3. The van der Waals surface area contributed by atoms with Crippen molar-refractivity contribution in [3.63, 3.8) is 0 Å². The summed E-state index contributed by atoms with van der Waals surface area (Å²) in [5, 5.41) is 6.19. The second kappa shape index (κ2) is 7.26. The second-order valence-corrected chi connectivity index (χ2v) is 5.56. The van der Waals surface area contributed by atoms with Crippen molar-refractivity contribution in [3.8, 4) is 17.2 Å². The average Bonchev–Trinajstić information content (AvgIpc) is 2.62. The van der Waals surface area contributed by atoms with Gasteiger partial charge < -0.3 is 20.1 Å². The molecule has 3 rings (SSSR count). The van der Waals surface area contributed by atoms with Gasteiger partial charge in [-0.25, -0.2) is 4.39 Å². The third-order valence-electron chi connectivity index (χ3n) is 3.77. The lowest BCUT2D eigenvalue weighted by Gasteiger charge is -2.14. The van der Waals surface area contributed by atoms with Crippen LogP contribution in [0.4, 0.5) is 15.8 Å². The van der Waals surface area contributed by atoms with Gasteiger partial charge in [-0.05, 0) is 24.3 Å². The summed E-state index contributed by atoms with van der Waals surface area (Å²) in [5.74, 6) is 0.260. The Bertz CT molecular complexity index is 976. The number of nitrogens with one attached hydrogen (secondary N) is 2. The first-order valence-electron chi connectivity index (χ1n) is 7.91. The minimum absolute atomic E-state index is 0.0911. The number of carbonyl (C=O) groups excluding carboxylic acids is 1. The van der Waals surface area contributed by atoms with Crippen LogP contribution in [-0.4, -0.2) is 25.0 Å². The molecule has 0 spiro atoms. The second-order valence-electron chi connectivity index (χ2n) is 5.56. The molecule has 134 valence electrons. The van der Waals surface area contributed by atoms with Gasteiger partial charge in [0.15, 0.2) is 11.6 Å². The number of ether oxygens (including phenoxy) is 2. The van der Waals surface area contributed by atoms with E-state index >= 15 is 0 Å². The molecule has 0 aliphatic rings. The predicted molar refractivity (Wildman–Crippen MR) is 98.6 cm³/mol. The standard InChI is InChI=1S/C19H18FN3O3/c1-11(24)23-16-9-13-15(10-19(16)25-3)22-7-6-17(13)26-18-5-4-12(21-2)8-14(18)20/h4-10,21H,1-3H3,(H,23,24). The molecule has 6 nitrogen and oxygen atoms in total. The Hall–Kier alpha value is -3.35. The zero-order valence-electron chi connectivity index (χ0n) is 14.6. The lowest BCUT2D eigenvalue weighted by atomic mass is 10.1. The highest BCUT2D eigenvalue weighted by atomic mass is 19.1. The first-order chi connectivity index (χ1) is 12.5. The van der Waals surface area contributed by atoms with Crippen LogP contribution < -0.4 is 20.1 Å². The Balaban J connectivity index is 2.07. The van der Waals surface area contributed by atoms with E-state index in [9.17, 15) is 9.18 Å². The average molecular weight is 355 g/mol. The minimum atomic E-state index is -0.489. The van der Waals surface area contributed by atoms with Gasteiger partial charge in [0.1, 0.15) is 11.5 Å². The molecule has 0 radical (unpaired) electrons. The van der Waals surface area contributed by atoms with Crippen LogP contribution in [0.1, 0.15) is 6.92 Å². The molecule has 3 aromatic rings. The third-order valence-corrected chi connectivity index (χ3v) is 3.77. The molecule has 26 heavy (non-hydrogen) atoms. The monoisotopic (exact) mass is 355 g/mol. The molecule has 0 fully saturated rings. The van der Waals surface area contributed by atoms with Crippen molar-refractivity contribution in [1.29, 1.82) is 0 Å². The molecule has 0 aliphatic carbocycles. The molecular weight excluding hydrogens is 337 g/mol.